The molecule has 4 aromatic carbocycles. The van der Waals surface area contributed by atoms with E-state index in [1.807, 2.05) is 24.3 Å². The molecule has 0 amide bonds. The molecule has 0 fully saturated rings. The lowest BCUT2D eigenvalue weighted by Crippen LogP contribution is -2.03. The summed E-state index contributed by atoms with van der Waals surface area (Å²) in [6.07, 6.45) is 8.57. The van der Waals surface area contributed by atoms with Crippen LogP contribution in [0.4, 0.5) is 0 Å². The minimum Gasteiger partial charge on any atom is -0.497 e. The van der Waals surface area contributed by atoms with Gasteiger partial charge in [-0.05, 0) is 112 Å². The predicted octanol–water partition coefficient (Wildman–Crippen LogP) is 8.18. The number of ether oxygens (including phenoxy) is 1. The van der Waals surface area contributed by atoms with Gasteiger partial charge in [-0.3, -0.25) is 9.97 Å². The number of hydrogen-bond acceptors (Lipinski definition) is 3. The van der Waals surface area contributed by atoms with E-state index in [9.17, 15) is 0 Å². The minimum absolute atomic E-state index is 0.899. The number of rotatable bonds is 2. The first-order valence-electron chi connectivity index (χ1n) is 12.6. The van der Waals surface area contributed by atoms with Crippen LogP contribution in [0.5, 0.6) is 5.75 Å². The van der Waals surface area contributed by atoms with Crippen LogP contribution < -0.4 is 4.74 Å². The number of aromatic nitrogens is 2. The largest absolute Gasteiger partial charge is 0.497 e. The van der Waals surface area contributed by atoms with Gasteiger partial charge in [-0.1, -0.05) is 48.5 Å². The van der Waals surface area contributed by atoms with Crippen molar-refractivity contribution >= 4 is 32.6 Å². The zero-order valence-corrected chi connectivity index (χ0v) is 20.4. The number of pyridine rings is 2. The fraction of sp³-hybridized carbons (Fsp3) is 0.152. The van der Waals surface area contributed by atoms with Gasteiger partial charge in [-0.2, -0.15) is 0 Å². The number of nitrogens with zero attached hydrogens (tertiary/aromatic N) is 2. The highest BCUT2D eigenvalue weighted by Crippen LogP contribution is 2.39. The average molecular weight is 469 g/mol. The van der Waals surface area contributed by atoms with Gasteiger partial charge < -0.3 is 4.74 Å². The zero-order chi connectivity index (χ0) is 24.3. The third kappa shape index (κ3) is 4.18. The van der Waals surface area contributed by atoms with E-state index in [1.165, 1.54) is 58.4 Å². The van der Waals surface area contributed by atoms with Crippen molar-refractivity contribution in [2.75, 3.05) is 7.11 Å². The van der Waals surface area contributed by atoms with Crippen LogP contribution in [0.1, 0.15) is 24.0 Å². The van der Waals surface area contributed by atoms with Crippen molar-refractivity contribution in [3.8, 4) is 16.9 Å². The van der Waals surface area contributed by atoms with Crippen LogP contribution in [0.3, 0.4) is 0 Å². The van der Waals surface area contributed by atoms with E-state index < -0.39 is 0 Å². The Morgan fingerprint density at radius 1 is 0.611 bits per heavy atom. The molecule has 176 valence electrons. The van der Waals surface area contributed by atoms with E-state index in [-0.39, 0.29) is 0 Å². The monoisotopic (exact) mass is 468 g/mol. The third-order valence-electron chi connectivity index (χ3n) is 7.14. The standard InChI is InChI=1S/C25H22O.C8H6N2/c1-26-19-13-10-18(11-14-19)24-16-25-20-7-3-2-6-17(20)12-15-23(25)21-8-4-5-9-22(21)24;1-3-7-8(9-5-1)4-2-6-10-7/h4-5,8-16H,2-3,6-7H2,1H3;1-6H. The molecule has 0 spiro atoms. The van der Waals surface area contributed by atoms with E-state index in [2.05, 4.69) is 76.7 Å². The summed E-state index contributed by atoms with van der Waals surface area (Å²) < 4.78 is 5.34. The molecule has 3 nitrogen and oxygen atoms in total. The Balaban J connectivity index is 0.000000200. The SMILES string of the molecule is COc1ccc(-c2cc3c4c(ccc3c3ccccc23)CCCC4)cc1.c1cnc2cccnc2c1. The molecule has 0 bridgehead atoms. The number of aryl methyl sites for hydroxylation is 2. The first kappa shape index (κ1) is 22.2. The van der Waals surface area contributed by atoms with Gasteiger partial charge in [0.05, 0.1) is 18.1 Å². The van der Waals surface area contributed by atoms with Gasteiger partial charge in [0.25, 0.3) is 0 Å². The Labute approximate surface area is 211 Å². The van der Waals surface area contributed by atoms with Crippen LogP contribution in [0.25, 0.3) is 43.7 Å². The van der Waals surface area contributed by atoms with Crippen LogP contribution >= 0.6 is 0 Å². The van der Waals surface area contributed by atoms with Crippen molar-refractivity contribution in [1.29, 1.82) is 0 Å². The van der Waals surface area contributed by atoms with E-state index in [4.69, 9.17) is 4.74 Å². The van der Waals surface area contributed by atoms with Crippen LogP contribution in [-0.2, 0) is 12.8 Å². The van der Waals surface area contributed by atoms with E-state index in [0.717, 1.165) is 16.8 Å². The summed E-state index contributed by atoms with van der Waals surface area (Å²) in [5.41, 5.74) is 7.57. The van der Waals surface area contributed by atoms with Crippen LogP contribution in [0.15, 0.2) is 103 Å². The van der Waals surface area contributed by atoms with Gasteiger partial charge in [-0.15, -0.1) is 0 Å². The molecule has 0 N–H and O–H groups in total. The van der Waals surface area contributed by atoms with Gasteiger partial charge in [0.2, 0.25) is 0 Å². The summed E-state index contributed by atoms with van der Waals surface area (Å²) in [6, 6.07) is 32.0. The molecule has 3 heteroatoms. The molecule has 0 radical (unpaired) electrons. The highest BCUT2D eigenvalue weighted by molar-refractivity contribution is 6.14. The highest BCUT2D eigenvalue weighted by Gasteiger charge is 2.16. The average Bonchev–Trinajstić information content (AvgIpc) is 2.97. The molecule has 1 aliphatic rings. The van der Waals surface area contributed by atoms with Crippen molar-refractivity contribution in [2.45, 2.75) is 25.7 Å². The number of fused-ring (bicyclic) bond motifs is 6. The zero-order valence-electron chi connectivity index (χ0n) is 20.4. The molecule has 0 atom stereocenters. The molecule has 0 aliphatic heterocycles. The van der Waals surface area contributed by atoms with Crippen molar-refractivity contribution in [3.63, 3.8) is 0 Å². The first-order valence-corrected chi connectivity index (χ1v) is 12.6. The summed E-state index contributed by atoms with van der Waals surface area (Å²) in [7, 11) is 1.71. The summed E-state index contributed by atoms with van der Waals surface area (Å²) in [5, 5.41) is 5.50. The van der Waals surface area contributed by atoms with E-state index in [1.54, 1.807) is 30.6 Å². The van der Waals surface area contributed by atoms with Crippen molar-refractivity contribution < 1.29 is 4.74 Å². The predicted molar refractivity (Wildman–Crippen MR) is 150 cm³/mol. The molecule has 1 aliphatic carbocycles. The van der Waals surface area contributed by atoms with Gasteiger partial charge in [0.15, 0.2) is 0 Å². The smallest absolute Gasteiger partial charge is 0.118 e. The van der Waals surface area contributed by atoms with Crippen LogP contribution in [0, 0.1) is 0 Å². The Morgan fingerprint density at radius 2 is 1.28 bits per heavy atom. The fourth-order valence-corrected chi connectivity index (χ4v) is 5.34. The molecule has 2 aromatic heterocycles. The van der Waals surface area contributed by atoms with Crippen molar-refractivity contribution in [2.24, 2.45) is 0 Å². The second kappa shape index (κ2) is 9.79. The Bertz CT molecular complexity index is 1610. The lowest BCUT2D eigenvalue weighted by atomic mass is 9.84. The Morgan fingerprint density at radius 3 is 2.00 bits per heavy atom. The topological polar surface area (TPSA) is 35.0 Å². The van der Waals surface area contributed by atoms with Gasteiger partial charge in [0, 0.05) is 12.4 Å². The second-order valence-electron chi connectivity index (χ2n) is 9.25. The molecular weight excluding hydrogens is 440 g/mol. The lowest BCUT2D eigenvalue weighted by molar-refractivity contribution is 0.415. The maximum atomic E-state index is 5.34. The molecule has 6 aromatic rings. The summed E-state index contributed by atoms with van der Waals surface area (Å²) in [4.78, 5) is 8.24. The molecule has 0 unspecified atom stereocenters. The van der Waals surface area contributed by atoms with Crippen LogP contribution in [0.2, 0.25) is 0 Å². The lowest BCUT2D eigenvalue weighted by Gasteiger charge is -2.20. The van der Waals surface area contributed by atoms with Gasteiger partial charge >= 0.3 is 0 Å². The summed E-state index contributed by atoms with van der Waals surface area (Å²) >= 11 is 0. The normalized spacial score (nSPS) is 12.7. The number of benzene rings is 4. The summed E-state index contributed by atoms with van der Waals surface area (Å²) in [6.45, 7) is 0. The van der Waals surface area contributed by atoms with Crippen molar-refractivity contribution in [1.82, 2.24) is 9.97 Å². The number of methoxy groups -OCH3 is 1. The molecule has 36 heavy (non-hydrogen) atoms. The third-order valence-corrected chi connectivity index (χ3v) is 7.14. The number of hydrogen-bond donors (Lipinski definition) is 0. The van der Waals surface area contributed by atoms with E-state index in [0.29, 0.717) is 0 Å². The molecule has 2 heterocycles. The van der Waals surface area contributed by atoms with Gasteiger partial charge in [-0.25, -0.2) is 0 Å². The highest BCUT2D eigenvalue weighted by atomic mass is 16.5. The van der Waals surface area contributed by atoms with Gasteiger partial charge in [0.1, 0.15) is 5.75 Å². The summed E-state index contributed by atoms with van der Waals surface area (Å²) in [5.74, 6) is 0.899. The van der Waals surface area contributed by atoms with E-state index >= 15 is 0 Å². The maximum Gasteiger partial charge on any atom is 0.118 e. The molecule has 0 saturated heterocycles. The maximum absolute atomic E-state index is 5.34. The Kier molecular flexibility index (Phi) is 6.05. The molecule has 7 rings (SSSR count). The van der Waals surface area contributed by atoms with Crippen molar-refractivity contribution in [3.05, 3.63) is 115 Å². The molecule has 0 saturated carbocycles. The second-order valence-corrected chi connectivity index (χ2v) is 9.25. The fourth-order valence-electron chi connectivity index (χ4n) is 5.34. The molecular formula is C33H28N2O. The minimum atomic E-state index is 0.899. The quantitative estimate of drug-likeness (QED) is 0.240. The first-order chi connectivity index (χ1) is 17.8. The Hall–Kier alpha value is -4.24. The van der Waals surface area contributed by atoms with Crippen LogP contribution in [-0.4, -0.2) is 17.1 Å².